The highest BCUT2D eigenvalue weighted by Gasteiger charge is 2.17. The van der Waals surface area contributed by atoms with Gasteiger partial charge in [0, 0.05) is 11.2 Å². The van der Waals surface area contributed by atoms with Crippen molar-refractivity contribution >= 4 is 5.69 Å². The summed E-state index contributed by atoms with van der Waals surface area (Å²) in [7, 11) is 0. The summed E-state index contributed by atoms with van der Waals surface area (Å²) in [5, 5.41) is 6.08. The van der Waals surface area contributed by atoms with E-state index in [4.69, 9.17) is 0 Å². The molecule has 0 saturated carbocycles. The fourth-order valence-electron chi connectivity index (χ4n) is 2.22. The lowest BCUT2D eigenvalue weighted by Crippen LogP contribution is -2.37. The highest BCUT2D eigenvalue weighted by molar-refractivity contribution is 5.44. The van der Waals surface area contributed by atoms with Gasteiger partial charge in [-0.25, -0.2) is 0 Å². The van der Waals surface area contributed by atoms with Gasteiger partial charge in [0.05, 0.1) is 10.8 Å². The van der Waals surface area contributed by atoms with Gasteiger partial charge in [-0.05, 0) is 58.7 Å². The second-order valence-corrected chi connectivity index (χ2v) is 7.49. The molecule has 0 heterocycles. The van der Waals surface area contributed by atoms with E-state index < -0.39 is 0 Å². The van der Waals surface area contributed by atoms with E-state index in [2.05, 4.69) is 48.9 Å². The SMILES string of the molecule is CC(C)(C)Nc1ccccc1.CC(C)(Cc1ccccc1)NN=O. The van der Waals surface area contributed by atoms with E-state index >= 15 is 0 Å². The molecule has 2 aromatic rings. The van der Waals surface area contributed by atoms with Crippen LogP contribution in [0.4, 0.5) is 5.69 Å². The number of rotatable bonds is 5. The Morgan fingerprint density at radius 3 is 1.79 bits per heavy atom. The average Bonchev–Trinajstić information content (AvgIpc) is 2.47. The maximum atomic E-state index is 10.0. The van der Waals surface area contributed by atoms with Gasteiger partial charge in [-0.1, -0.05) is 48.5 Å². The van der Waals surface area contributed by atoms with Crippen LogP contribution in [0.2, 0.25) is 0 Å². The normalized spacial score (nSPS) is 11.0. The van der Waals surface area contributed by atoms with E-state index in [0.717, 1.165) is 6.42 Å². The number of hydrogen-bond acceptors (Lipinski definition) is 3. The molecule has 0 saturated heterocycles. The molecule has 130 valence electrons. The molecule has 0 aliphatic heterocycles. The lowest BCUT2D eigenvalue weighted by Gasteiger charge is -2.22. The predicted molar refractivity (Wildman–Crippen MR) is 103 cm³/mol. The molecule has 0 aromatic heterocycles. The van der Waals surface area contributed by atoms with E-state index in [1.807, 2.05) is 62.4 Å². The molecule has 0 aliphatic rings. The Kier molecular flexibility index (Phi) is 7.43. The molecule has 2 rings (SSSR count). The van der Waals surface area contributed by atoms with Crippen molar-refractivity contribution in [2.75, 3.05) is 5.32 Å². The molecule has 0 aliphatic carbocycles. The van der Waals surface area contributed by atoms with Crippen LogP contribution in [0.1, 0.15) is 40.2 Å². The van der Waals surface area contributed by atoms with Crippen LogP contribution in [0, 0.1) is 4.91 Å². The third-order valence-corrected chi connectivity index (χ3v) is 3.13. The zero-order valence-corrected chi connectivity index (χ0v) is 15.3. The van der Waals surface area contributed by atoms with E-state index in [0.29, 0.717) is 0 Å². The minimum Gasteiger partial charge on any atom is -0.380 e. The maximum absolute atomic E-state index is 10.0. The van der Waals surface area contributed by atoms with Crippen molar-refractivity contribution in [2.24, 2.45) is 5.29 Å². The van der Waals surface area contributed by atoms with Gasteiger partial charge in [0.25, 0.3) is 0 Å². The van der Waals surface area contributed by atoms with Crippen LogP contribution in [-0.4, -0.2) is 11.1 Å². The molecule has 0 atom stereocenters. The number of nitroso groups, excluding NO2 is 1. The summed E-state index contributed by atoms with van der Waals surface area (Å²) in [5.41, 5.74) is 4.80. The fraction of sp³-hybridized carbons (Fsp3) is 0.400. The van der Waals surface area contributed by atoms with Crippen molar-refractivity contribution in [3.8, 4) is 0 Å². The lowest BCUT2D eigenvalue weighted by atomic mass is 9.96. The first-order valence-electron chi connectivity index (χ1n) is 8.18. The zero-order chi connectivity index (χ0) is 18.1. The highest BCUT2D eigenvalue weighted by atomic mass is 16.3. The fourth-order valence-corrected chi connectivity index (χ4v) is 2.22. The van der Waals surface area contributed by atoms with Crippen molar-refractivity contribution in [3.63, 3.8) is 0 Å². The summed E-state index contributed by atoms with van der Waals surface area (Å²) >= 11 is 0. The first-order chi connectivity index (χ1) is 11.2. The molecule has 2 aromatic carbocycles. The van der Waals surface area contributed by atoms with Gasteiger partial charge in [0.1, 0.15) is 0 Å². The molecule has 2 N–H and O–H groups in total. The average molecular weight is 327 g/mol. The van der Waals surface area contributed by atoms with Crippen molar-refractivity contribution < 1.29 is 0 Å². The Balaban J connectivity index is 0.000000243. The first kappa shape index (κ1) is 19.7. The summed E-state index contributed by atoms with van der Waals surface area (Å²) in [6.45, 7) is 10.4. The summed E-state index contributed by atoms with van der Waals surface area (Å²) in [6.07, 6.45) is 0.791. The summed E-state index contributed by atoms with van der Waals surface area (Å²) < 4.78 is 0. The third kappa shape index (κ3) is 8.93. The monoisotopic (exact) mass is 327 g/mol. The van der Waals surface area contributed by atoms with Crippen molar-refractivity contribution in [1.29, 1.82) is 0 Å². The molecule has 4 nitrogen and oxygen atoms in total. The summed E-state index contributed by atoms with van der Waals surface area (Å²) in [5.74, 6) is 0. The van der Waals surface area contributed by atoms with E-state index in [1.165, 1.54) is 11.3 Å². The number of benzene rings is 2. The molecule has 0 amide bonds. The number of hydrogen-bond donors (Lipinski definition) is 2. The largest absolute Gasteiger partial charge is 0.380 e. The second-order valence-electron chi connectivity index (χ2n) is 7.49. The van der Waals surface area contributed by atoms with Gasteiger partial charge in [-0.3, -0.25) is 5.43 Å². The van der Waals surface area contributed by atoms with Crippen molar-refractivity contribution in [1.82, 2.24) is 5.43 Å². The standard InChI is InChI=1S/C10H14N2O.C10H15N/c1-10(2,11-12-13)8-9-6-4-3-5-7-9;1-10(2,3)11-9-7-5-4-6-8-9/h3-7H,8H2,1-2H3,(H,11,13);4-8,11H,1-3H3. The molecule has 4 heteroatoms. The minimum absolute atomic E-state index is 0.154. The number of nitrogens with one attached hydrogen (secondary N) is 2. The zero-order valence-electron chi connectivity index (χ0n) is 15.3. The molecule has 0 radical (unpaired) electrons. The predicted octanol–water partition coefficient (Wildman–Crippen LogP) is 5.18. The van der Waals surface area contributed by atoms with E-state index in [9.17, 15) is 4.91 Å². The minimum atomic E-state index is -0.275. The summed E-state index contributed by atoms with van der Waals surface area (Å²) in [4.78, 5) is 10.0. The number of para-hydroxylation sites is 1. The Labute approximate surface area is 145 Å². The molecular formula is C20H29N3O. The van der Waals surface area contributed by atoms with Crippen LogP contribution in [0.5, 0.6) is 0 Å². The van der Waals surface area contributed by atoms with Gasteiger partial charge in [0.15, 0.2) is 0 Å². The third-order valence-electron chi connectivity index (χ3n) is 3.13. The Bertz CT molecular complexity index is 589. The van der Waals surface area contributed by atoms with Crippen LogP contribution < -0.4 is 10.7 Å². The van der Waals surface area contributed by atoms with Crippen LogP contribution in [-0.2, 0) is 6.42 Å². The van der Waals surface area contributed by atoms with Crippen molar-refractivity contribution in [2.45, 2.75) is 52.1 Å². The van der Waals surface area contributed by atoms with E-state index in [1.54, 1.807) is 0 Å². The van der Waals surface area contributed by atoms with Gasteiger partial charge in [0.2, 0.25) is 0 Å². The molecule has 24 heavy (non-hydrogen) atoms. The van der Waals surface area contributed by atoms with Gasteiger partial charge >= 0.3 is 0 Å². The smallest absolute Gasteiger partial charge is 0.0564 e. The summed E-state index contributed by atoms with van der Waals surface area (Å²) in [6, 6.07) is 20.3. The van der Waals surface area contributed by atoms with Gasteiger partial charge < -0.3 is 5.32 Å². The lowest BCUT2D eigenvalue weighted by molar-refractivity contribution is 0.396. The molecule has 0 bridgehead atoms. The van der Waals surface area contributed by atoms with Crippen molar-refractivity contribution in [3.05, 3.63) is 71.1 Å². The maximum Gasteiger partial charge on any atom is 0.0564 e. The van der Waals surface area contributed by atoms with Crippen LogP contribution in [0.25, 0.3) is 0 Å². The van der Waals surface area contributed by atoms with Crippen LogP contribution in [0.15, 0.2) is 65.9 Å². The quantitative estimate of drug-likeness (QED) is 0.588. The second kappa shape index (κ2) is 9.06. The number of nitrogens with zero attached hydrogens (tertiary/aromatic N) is 1. The van der Waals surface area contributed by atoms with Crippen LogP contribution >= 0.6 is 0 Å². The Hall–Kier alpha value is -2.36. The Morgan fingerprint density at radius 1 is 0.833 bits per heavy atom. The first-order valence-corrected chi connectivity index (χ1v) is 8.18. The van der Waals surface area contributed by atoms with Gasteiger partial charge in [-0.15, -0.1) is 4.91 Å². The molecule has 0 fully saturated rings. The van der Waals surface area contributed by atoms with Gasteiger partial charge in [-0.2, -0.15) is 0 Å². The Morgan fingerprint density at radius 2 is 1.33 bits per heavy atom. The highest BCUT2D eigenvalue weighted by Crippen LogP contribution is 2.13. The van der Waals surface area contributed by atoms with Crippen LogP contribution in [0.3, 0.4) is 0 Å². The number of anilines is 1. The molecule has 0 spiro atoms. The topological polar surface area (TPSA) is 53.5 Å². The molecular weight excluding hydrogens is 298 g/mol. The molecule has 0 unspecified atom stereocenters. The van der Waals surface area contributed by atoms with E-state index in [-0.39, 0.29) is 11.1 Å².